The van der Waals surface area contributed by atoms with E-state index in [0.717, 1.165) is 11.3 Å². The number of rotatable bonds is 11. The van der Waals surface area contributed by atoms with Crippen molar-refractivity contribution in [2.45, 2.75) is 44.6 Å². The molecular formula is C28H31ClN2O7S2. The second-order valence-corrected chi connectivity index (χ2v) is 12.8. The number of sulfonamides is 1. The molecule has 1 aliphatic rings. The third kappa shape index (κ3) is 7.14. The van der Waals surface area contributed by atoms with Crippen LogP contribution >= 0.6 is 22.9 Å². The Morgan fingerprint density at radius 1 is 1.12 bits per heavy atom. The summed E-state index contributed by atoms with van der Waals surface area (Å²) >= 11 is 7.50. The van der Waals surface area contributed by atoms with Crippen LogP contribution in [0.3, 0.4) is 0 Å². The minimum absolute atomic E-state index is 0.0254. The van der Waals surface area contributed by atoms with Gasteiger partial charge in [0.15, 0.2) is 17.2 Å². The molecule has 1 saturated heterocycles. The molecule has 0 aliphatic carbocycles. The highest BCUT2D eigenvalue weighted by Gasteiger charge is 2.32. The predicted octanol–water partition coefficient (Wildman–Crippen LogP) is 5.19. The summed E-state index contributed by atoms with van der Waals surface area (Å²) in [6.07, 6.45) is 0.935. The topological polar surface area (TPSA) is 122 Å². The van der Waals surface area contributed by atoms with Gasteiger partial charge in [-0.2, -0.15) is 0 Å². The number of aromatic carboxylic acids is 1. The lowest BCUT2D eigenvalue weighted by Gasteiger charge is -2.35. The van der Waals surface area contributed by atoms with Crippen molar-refractivity contribution in [3.05, 3.63) is 70.1 Å². The number of carbonyl (C=O) groups excluding carboxylic acids is 1. The summed E-state index contributed by atoms with van der Waals surface area (Å²) in [6.45, 7) is 4.27. The number of carboxylic acid groups (broad SMARTS) is 1. The van der Waals surface area contributed by atoms with E-state index >= 15 is 0 Å². The Labute approximate surface area is 242 Å². The van der Waals surface area contributed by atoms with E-state index in [0.29, 0.717) is 47.6 Å². The highest BCUT2D eigenvalue weighted by Crippen LogP contribution is 2.46. The van der Waals surface area contributed by atoms with Crippen LogP contribution in [0.5, 0.6) is 5.75 Å². The number of carboxylic acids is 1. The van der Waals surface area contributed by atoms with Crippen molar-refractivity contribution in [3.63, 3.8) is 0 Å². The number of anilines is 1. The molecule has 4 rings (SSSR count). The van der Waals surface area contributed by atoms with Crippen LogP contribution in [-0.2, 0) is 25.3 Å². The molecule has 0 saturated carbocycles. The van der Waals surface area contributed by atoms with Crippen molar-refractivity contribution in [2.75, 3.05) is 24.0 Å². The summed E-state index contributed by atoms with van der Waals surface area (Å²) in [5.41, 5.74) is 1.68. The lowest BCUT2D eigenvalue weighted by molar-refractivity contribution is -0.149. The van der Waals surface area contributed by atoms with Crippen molar-refractivity contribution >= 4 is 50.6 Å². The average molecular weight is 607 g/mol. The van der Waals surface area contributed by atoms with Gasteiger partial charge in [-0.15, -0.1) is 11.3 Å². The molecule has 2 heterocycles. The zero-order chi connectivity index (χ0) is 28.9. The summed E-state index contributed by atoms with van der Waals surface area (Å²) in [5.74, 6) is -2.20. The molecular weight excluding hydrogens is 576 g/mol. The molecule has 0 atom stereocenters. The smallest absolute Gasteiger partial charge is 0.349 e. The number of halogens is 1. The number of piperidine rings is 1. The number of ether oxygens (including phenoxy) is 2. The van der Waals surface area contributed by atoms with Crippen LogP contribution in [0, 0.1) is 0 Å². The van der Waals surface area contributed by atoms with Crippen LogP contribution in [0.25, 0.3) is 10.4 Å². The molecule has 12 heteroatoms. The number of hydrogen-bond donors (Lipinski definition) is 2. The Morgan fingerprint density at radius 2 is 1.82 bits per heavy atom. The molecule has 3 aromatic rings. The standard InChI is InChI=1S/C28H31ClN2O7S2/c1-18(2)38-23(32)16-37-25-24(29)26(39-27(25)28(33)34)20-9-6-10-22(15-20)31(21-11-13-30-14-12-21)40(35,36)17-19-7-4-3-5-8-19/h3-10,15,18,21,30H,11-14,16-17H2,1-2H3,(H,33,34). The maximum Gasteiger partial charge on any atom is 0.349 e. The maximum atomic E-state index is 13.8. The predicted molar refractivity (Wildman–Crippen MR) is 156 cm³/mol. The number of thiophene rings is 1. The second kappa shape index (κ2) is 13.0. The third-order valence-electron chi connectivity index (χ3n) is 6.20. The van der Waals surface area contributed by atoms with Crippen LogP contribution in [0.2, 0.25) is 5.02 Å². The summed E-state index contributed by atoms with van der Waals surface area (Å²) in [4.78, 5) is 24.2. The first-order valence-corrected chi connectivity index (χ1v) is 15.6. The van der Waals surface area contributed by atoms with Gasteiger partial charge in [-0.25, -0.2) is 18.0 Å². The number of benzene rings is 2. The Kier molecular flexibility index (Phi) is 9.72. The van der Waals surface area contributed by atoms with Crippen molar-refractivity contribution in [1.29, 1.82) is 0 Å². The van der Waals surface area contributed by atoms with E-state index in [1.807, 2.05) is 6.07 Å². The Hall–Kier alpha value is -3.12. The third-order valence-corrected chi connectivity index (χ3v) is 9.69. The Morgan fingerprint density at radius 3 is 2.48 bits per heavy atom. The first-order valence-electron chi connectivity index (χ1n) is 12.8. The van der Waals surface area contributed by atoms with Crippen molar-refractivity contribution in [3.8, 4) is 16.2 Å². The summed E-state index contributed by atoms with van der Waals surface area (Å²) < 4.78 is 39.7. The molecule has 2 aromatic carbocycles. The fourth-order valence-corrected chi connectivity index (χ4v) is 7.81. The van der Waals surface area contributed by atoms with Gasteiger partial charge in [-0.3, -0.25) is 4.31 Å². The Balaban J connectivity index is 1.71. The van der Waals surface area contributed by atoms with Gasteiger partial charge < -0.3 is 19.9 Å². The normalized spacial score (nSPS) is 14.2. The van der Waals surface area contributed by atoms with E-state index in [1.54, 1.807) is 62.4 Å². The first kappa shape index (κ1) is 29.9. The lowest BCUT2D eigenvalue weighted by Crippen LogP contribution is -2.46. The SMILES string of the molecule is CC(C)OC(=O)COc1c(C(=O)O)sc(-c2cccc(N(C3CCNCC3)S(=O)(=O)Cc3ccccc3)c2)c1Cl. The molecule has 1 aromatic heterocycles. The van der Waals surface area contributed by atoms with E-state index in [4.69, 9.17) is 21.1 Å². The van der Waals surface area contributed by atoms with E-state index in [1.165, 1.54) is 4.31 Å². The zero-order valence-corrected chi connectivity index (χ0v) is 24.5. The van der Waals surface area contributed by atoms with Gasteiger partial charge in [0.25, 0.3) is 0 Å². The molecule has 9 nitrogen and oxygen atoms in total. The quantitative estimate of drug-likeness (QED) is 0.286. The molecule has 40 heavy (non-hydrogen) atoms. The van der Waals surface area contributed by atoms with Gasteiger partial charge in [0.2, 0.25) is 10.0 Å². The van der Waals surface area contributed by atoms with Gasteiger partial charge >= 0.3 is 11.9 Å². The van der Waals surface area contributed by atoms with E-state index in [9.17, 15) is 23.1 Å². The molecule has 1 aliphatic heterocycles. The van der Waals surface area contributed by atoms with Crippen molar-refractivity contribution < 1.29 is 32.6 Å². The minimum Gasteiger partial charge on any atom is -0.479 e. The fourth-order valence-electron chi connectivity index (χ4n) is 4.56. The minimum atomic E-state index is -3.78. The highest BCUT2D eigenvalue weighted by atomic mass is 35.5. The van der Waals surface area contributed by atoms with Gasteiger partial charge in [-0.1, -0.05) is 54.1 Å². The lowest BCUT2D eigenvalue weighted by atomic mass is 10.1. The molecule has 0 spiro atoms. The van der Waals surface area contributed by atoms with E-state index in [2.05, 4.69) is 5.32 Å². The number of hydrogen-bond acceptors (Lipinski definition) is 8. The second-order valence-electron chi connectivity index (χ2n) is 9.61. The van der Waals surface area contributed by atoms with Crippen molar-refractivity contribution in [1.82, 2.24) is 5.32 Å². The molecule has 0 bridgehead atoms. The number of nitrogens with zero attached hydrogens (tertiary/aromatic N) is 1. The zero-order valence-electron chi connectivity index (χ0n) is 22.1. The number of nitrogens with one attached hydrogen (secondary N) is 1. The number of esters is 1. The van der Waals surface area contributed by atoms with Crippen LogP contribution in [0.15, 0.2) is 54.6 Å². The molecule has 2 N–H and O–H groups in total. The molecule has 0 unspecified atom stereocenters. The van der Waals surface area contributed by atoms with Gasteiger partial charge in [-0.05, 0) is 63.0 Å². The largest absolute Gasteiger partial charge is 0.479 e. The molecule has 214 valence electrons. The van der Waals surface area contributed by atoms with Crippen LogP contribution in [-0.4, -0.2) is 57.3 Å². The molecule has 0 radical (unpaired) electrons. The highest BCUT2D eigenvalue weighted by molar-refractivity contribution is 7.92. The fraction of sp³-hybridized carbons (Fsp3) is 0.357. The van der Waals surface area contributed by atoms with E-state index < -0.39 is 28.6 Å². The van der Waals surface area contributed by atoms with Crippen LogP contribution in [0.4, 0.5) is 5.69 Å². The maximum absolute atomic E-state index is 13.8. The van der Waals surface area contributed by atoms with Crippen LogP contribution < -0.4 is 14.4 Å². The van der Waals surface area contributed by atoms with Crippen molar-refractivity contribution in [2.24, 2.45) is 0 Å². The van der Waals surface area contributed by atoms with Gasteiger partial charge in [0, 0.05) is 6.04 Å². The molecule has 0 amide bonds. The Bertz CT molecular complexity index is 1450. The monoisotopic (exact) mass is 606 g/mol. The summed E-state index contributed by atoms with van der Waals surface area (Å²) in [5, 5.41) is 13.1. The average Bonchev–Trinajstić information content (AvgIpc) is 3.24. The van der Waals surface area contributed by atoms with Gasteiger partial charge in [0.1, 0.15) is 5.02 Å². The summed E-state index contributed by atoms with van der Waals surface area (Å²) in [7, 11) is -3.78. The first-order chi connectivity index (χ1) is 19.1. The number of carbonyl (C=O) groups is 2. The van der Waals surface area contributed by atoms with Gasteiger partial charge in [0.05, 0.1) is 22.4 Å². The summed E-state index contributed by atoms with van der Waals surface area (Å²) in [6, 6.07) is 15.6. The molecule has 1 fully saturated rings. The van der Waals surface area contributed by atoms with Crippen LogP contribution in [0.1, 0.15) is 41.9 Å². The van der Waals surface area contributed by atoms with E-state index in [-0.39, 0.29) is 33.5 Å².